The van der Waals surface area contributed by atoms with Crippen LogP contribution >= 0.6 is 0 Å². The second-order valence-corrected chi connectivity index (χ2v) is 7.96. The lowest BCUT2D eigenvalue weighted by Crippen LogP contribution is -2.44. The summed E-state index contributed by atoms with van der Waals surface area (Å²) in [6, 6.07) is 2.24. The number of likely N-dealkylation sites (N-methyl/N-ethyl adjacent to an activating group) is 1. The molecule has 2 aromatic heterocycles. The minimum absolute atomic E-state index is 0.00779. The van der Waals surface area contributed by atoms with Crippen LogP contribution in [0.1, 0.15) is 37.1 Å². The van der Waals surface area contributed by atoms with E-state index in [0.29, 0.717) is 18.5 Å². The molecule has 1 aliphatic rings. The van der Waals surface area contributed by atoms with Crippen LogP contribution in [0.15, 0.2) is 18.5 Å². The maximum absolute atomic E-state index is 12.5. The first-order valence-electron chi connectivity index (χ1n) is 10.1. The summed E-state index contributed by atoms with van der Waals surface area (Å²) in [5, 5.41) is 11.6. The van der Waals surface area contributed by atoms with Crippen LogP contribution in [-0.4, -0.2) is 68.5 Å². The highest BCUT2D eigenvalue weighted by atomic mass is 16.2. The highest BCUT2D eigenvalue weighted by Crippen LogP contribution is 2.36. The monoisotopic (exact) mass is 387 g/mol. The number of carbonyl (C=O) groups excluding carboxylic acids is 1. The summed E-state index contributed by atoms with van der Waals surface area (Å²) >= 11 is 0. The third-order valence-corrected chi connectivity index (χ3v) is 5.56. The number of hydrogen-bond donors (Lipinski definition) is 1. The van der Waals surface area contributed by atoms with Crippen molar-refractivity contribution in [2.45, 2.75) is 32.7 Å². The number of rotatable bonds is 7. The van der Waals surface area contributed by atoms with E-state index in [1.54, 1.807) is 4.68 Å². The number of hydrogen-bond acceptors (Lipinski definition) is 5. The van der Waals surface area contributed by atoms with Crippen molar-refractivity contribution in [2.75, 3.05) is 38.5 Å². The van der Waals surface area contributed by atoms with Gasteiger partial charge in [0.15, 0.2) is 0 Å². The molecule has 0 aliphatic carbocycles. The van der Waals surface area contributed by atoms with Crippen molar-refractivity contribution in [2.24, 2.45) is 20.0 Å². The lowest BCUT2D eigenvalue weighted by atomic mass is 9.85. The van der Waals surface area contributed by atoms with Gasteiger partial charge >= 0.3 is 0 Å². The fourth-order valence-corrected chi connectivity index (χ4v) is 4.39. The van der Waals surface area contributed by atoms with E-state index in [0.717, 1.165) is 31.1 Å². The van der Waals surface area contributed by atoms with Crippen molar-refractivity contribution in [1.29, 1.82) is 0 Å². The molecule has 8 nitrogen and oxygen atoms in total. The van der Waals surface area contributed by atoms with Gasteiger partial charge in [-0.05, 0) is 45.8 Å². The average Bonchev–Trinajstić information content (AvgIpc) is 3.19. The molecule has 0 aromatic carbocycles. The predicted octanol–water partition coefficient (Wildman–Crippen LogP) is 1.81. The van der Waals surface area contributed by atoms with Gasteiger partial charge in [-0.2, -0.15) is 10.2 Å². The Kier molecular flexibility index (Phi) is 6.51. The lowest BCUT2D eigenvalue weighted by Gasteiger charge is -2.42. The second-order valence-electron chi connectivity index (χ2n) is 7.96. The number of nitrogens with zero attached hydrogens (tertiary/aromatic N) is 6. The van der Waals surface area contributed by atoms with Crippen LogP contribution in [-0.2, 0) is 18.9 Å². The van der Waals surface area contributed by atoms with Crippen LogP contribution in [0.25, 0.3) is 0 Å². The minimum Gasteiger partial charge on any atom is -0.310 e. The van der Waals surface area contributed by atoms with Crippen LogP contribution in [0.3, 0.4) is 0 Å². The second kappa shape index (κ2) is 8.87. The Morgan fingerprint density at radius 2 is 2.18 bits per heavy atom. The molecule has 1 N–H and O–H groups in total. The quantitative estimate of drug-likeness (QED) is 0.785. The van der Waals surface area contributed by atoms with Crippen LogP contribution in [0.4, 0.5) is 5.82 Å². The van der Waals surface area contributed by atoms with Gasteiger partial charge in [-0.15, -0.1) is 0 Å². The highest BCUT2D eigenvalue weighted by Gasteiger charge is 2.33. The molecular formula is C20H33N7O. The Morgan fingerprint density at radius 3 is 2.79 bits per heavy atom. The Morgan fingerprint density at radius 1 is 1.39 bits per heavy atom. The molecule has 154 valence electrons. The van der Waals surface area contributed by atoms with Crippen molar-refractivity contribution >= 4 is 11.7 Å². The average molecular weight is 388 g/mol. The zero-order valence-corrected chi connectivity index (χ0v) is 17.7. The zero-order valence-electron chi connectivity index (χ0n) is 17.7. The van der Waals surface area contributed by atoms with Crippen LogP contribution in [0.2, 0.25) is 0 Å². The first-order valence-corrected chi connectivity index (χ1v) is 10.1. The van der Waals surface area contributed by atoms with E-state index in [9.17, 15) is 4.79 Å². The van der Waals surface area contributed by atoms with E-state index in [2.05, 4.69) is 38.4 Å². The maximum atomic E-state index is 12.5. The summed E-state index contributed by atoms with van der Waals surface area (Å²) in [5.41, 5.74) is 2.17. The molecule has 28 heavy (non-hydrogen) atoms. The van der Waals surface area contributed by atoms with Gasteiger partial charge in [0.05, 0.1) is 18.4 Å². The van der Waals surface area contributed by atoms with E-state index >= 15 is 0 Å². The van der Waals surface area contributed by atoms with Crippen molar-refractivity contribution in [1.82, 2.24) is 29.4 Å². The van der Waals surface area contributed by atoms with Crippen molar-refractivity contribution in [3.05, 3.63) is 29.7 Å². The lowest BCUT2D eigenvalue weighted by molar-refractivity contribution is -0.117. The van der Waals surface area contributed by atoms with Gasteiger partial charge in [0.1, 0.15) is 5.82 Å². The molecule has 1 saturated heterocycles. The summed E-state index contributed by atoms with van der Waals surface area (Å²) in [6.07, 6.45) is 6.48. The fourth-order valence-electron chi connectivity index (χ4n) is 4.39. The standard InChI is InChI=1S/C20H33N7O/c1-6-27-9-7-8-16(20(27)17-11-21-25(4)13-17)12-24(3)14-19(28)22-18-10-15(2)23-26(18)5/h10-11,13,16,20H,6-9,12,14H2,1-5H3,(H,22,28)/t16-,20+/m0/s1. The maximum Gasteiger partial charge on any atom is 0.239 e. The number of carbonyl (C=O) groups is 1. The third kappa shape index (κ3) is 4.80. The van der Waals surface area contributed by atoms with Crippen LogP contribution in [0, 0.1) is 12.8 Å². The molecule has 3 heterocycles. The van der Waals surface area contributed by atoms with Gasteiger partial charge in [-0.3, -0.25) is 24.0 Å². The number of amides is 1. The molecule has 0 radical (unpaired) electrons. The molecule has 2 atom stereocenters. The Bertz CT molecular complexity index is 796. The van der Waals surface area contributed by atoms with Gasteiger partial charge < -0.3 is 5.32 Å². The highest BCUT2D eigenvalue weighted by molar-refractivity contribution is 5.91. The SMILES string of the molecule is CCN1CCC[C@@H](CN(C)CC(=O)Nc2cc(C)nn2C)[C@@H]1c1cnn(C)c1. The molecular weight excluding hydrogens is 354 g/mol. The normalized spacial score (nSPS) is 20.6. The Hall–Kier alpha value is -2.19. The number of piperidine rings is 1. The molecule has 0 bridgehead atoms. The summed E-state index contributed by atoms with van der Waals surface area (Å²) in [6.45, 7) is 7.54. The zero-order chi connectivity index (χ0) is 20.3. The van der Waals surface area contributed by atoms with E-state index < -0.39 is 0 Å². The number of nitrogens with one attached hydrogen (secondary N) is 1. The number of aryl methyl sites for hydroxylation is 3. The summed E-state index contributed by atoms with van der Waals surface area (Å²) in [7, 11) is 5.83. The van der Waals surface area contributed by atoms with E-state index in [1.165, 1.54) is 18.4 Å². The molecule has 0 unspecified atom stereocenters. The van der Waals surface area contributed by atoms with Crippen molar-refractivity contribution in [3.8, 4) is 0 Å². The molecule has 2 aromatic rings. The van der Waals surface area contributed by atoms with Gasteiger partial charge in [-0.25, -0.2) is 0 Å². The molecule has 8 heteroatoms. The molecule has 1 aliphatic heterocycles. The number of likely N-dealkylation sites (tertiary alicyclic amines) is 1. The predicted molar refractivity (Wildman–Crippen MR) is 110 cm³/mol. The fraction of sp³-hybridized carbons (Fsp3) is 0.650. The van der Waals surface area contributed by atoms with Crippen molar-refractivity contribution in [3.63, 3.8) is 0 Å². The molecule has 0 spiro atoms. The number of aromatic nitrogens is 4. The first-order chi connectivity index (χ1) is 13.4. The molecule has 1 amide bonds. The van der Waals surface area contributed by atoms with E-state index in [1.807, 2.05) is 45.0 Å². The molecule has 0 saturated carbocycles. The largest absolute Gasteiger partial charge is 0.310 e. The van der Waals surface area contributed by atoms with Gasteiger partial charge in [0.2, 0.25) is 5.91 Å². The Balaban J connectivity index is 1.63. The number of anilines is 1. The van der Waals surface area contributed by atoms with Gasteiger partial charge in [0.25, 0.3) is 0 Å². The smallest absolute Gasteiger partial charge is 0.239 e. The third-order valence-electron chi connectivity index (χ3n) is 5.56. The van der Waals surface area contributed by atoms with Crippen LogP contribution in [0.5, 0.6) is 0 Å². The summed E-state index contributed by atoms with van der Waals surface area (Å²) in [4.78, 5) is 17.2. The van der Waals surface area contributed by atoms with Crippen molar-refractivity contribution < 1.29 is 4.79 Å². The molecule has 1 fully saturated rings. The van der Waals surface area contributed by atoms with Crippen LogP contribution < -0.4 is 5.32 Å². The van der Waals surface area contributed by atoms with Gasteiger partial charge in [0, 0.05) is 44.5 Å². The van der Waals surface area contributed by atoms with E-state index in [4.69, 9.17) is 0 Å². The summed E-state index contributed by atoms with van der Waals surface area (Å²) in [5.74, 6) is 1.21. The first kappa shape index (κ1) is 20.5. The van der Waals surface area contributed by atoms with Gasteiger partial charge in [-0.1, -0.05) is 6.92 Å². The van der Waals surface area contributed by atoms with E-state index in [-0.39, 0.29) is 5.91 Å². The Labute approximate surface area is 167 Å². The molecule has 3 rings (SSSR count). The minimum atomic E-state index is -0.00779. The topological polar surface area (TPSA) is 71.2 Å². The summed E-state index contributed by atoms with van der Waals surface area (Å²) < 4.78 is 3.58.